The number of rotatable bonds is 3. The lowest BCUT2D eigenvalue weighted by Crippen LogP contribution is -2.45. The minimum atomic E-state index is -0.0241. The van der Waals surface area contributed by atoms with Gasteiger partial charge in [-0.25, -0.2) is 0 Å². The van der Waals surface area contributed by atoms with E-state index in [0.29, 0.717) is 6.54 Å². The number of halogens is 1. The summed E-state index contributed by atoms with van der Waals surface area (Å²) < 4.78 is 6.63. The molecule has 100 valence electrons. The molecule has 1 heterocycles. The summed E-state index contributed by atoms with van der Waals surface area (Å²) in [4.78, 5) is 0. The molecule has 3 nitrogen and oxygen atoms in total. The van der Waals surface area contributed by atoms with Crippen LogP contribution in [-0.4, -0.2) is 25.3 Å². The van der Waals surface area contributed by atoms with Crippen molar-refractivity contribution in [1.82, 2.24) is 0 Å². The van der Waals surface area contributed by atoms with Gasteiger partial charge in [-0.05, 0) is 49.9 Å². The molecule has 4 heteroatoms. The van der Waals surface area contributed by atoms with Gasteiger partial charge in [0.05, 0.1) is 5.54 Å². The van der Waals surface area contributed by atoms with Crippen molar-refractivity contribution in [3.8, 4) is 0 Å². The van der Waals surface area contributed by atoms with E-state index in [1.807, 2.05) is 0 Å². The summed E-state index contributed by atoms with van der Waals surface area (Å²) in [6, 6.07) is 6.38. The van der Waals surface area contributed by atoms with Gasteiger partial charge >= 0.3 is 0 Å². The fourth-order valence-corrected chi connectivity index (χ4v) is 3.11. The van der Waals surface area contributed by atoms with Gasteiger partial charge in [-0.1, -0.05) is 15.9 Å². The number of aryl methyl sites for hydroxylation is 1. The van der Waals surface area contributed by atoms with Gasteiger partial charge in [0, 0.05) is 29.9 Å². The number of anilines is 1. The largest absolute Gasteiger partial charge is 0.381 e. The van der Waals surface area contributed by atoms with Gasteiger partial charge in [-0.15, -0.1) is 0 Å². The second-order valence-corrected chi connectivity index (χ2v) is 6.01. The van der Waals surface area contributed by atoms with E-state index in [1.165, 1.54) is 5.56 Å². The molecule has 0 aromatic heterocycles. The van der Waals surface area contributed by atoms with Crippen molar-refractivity contribution in [2.75, 3.05) is 25.1 Å². The smallest absolute Gasteiger partial charge is 0.0518 e. The predicted octanol–water partition coefficient (Wildman–Crippen LogP) is 3.07. The lowest BCUT2D eigenvalue weighted by Gasteiger charge is -2.33. The molecule has 0 spiro atoms. The van der Waals surface area contributed by atoms with E-state index in [-0.39, 0.29) is 5.54 Å². The molecule has 1 aromatic rings. The van der Waals surface area contributed by atoms with E-state index >= 15 is 0 Å². The molecule has 1 fully saturated rings. The summed E-state index contributed by atoms with van der Waals surface area (Å²) in [5, 5.41) is 3.63. The number of nitrogens with one attached hydrogen (secondary N) is 1. The van der Waals surface area contributed by atoms with Crippen molar-refractivity contribution in [3.63, 3.8) is 0 Å². The molecule has 1 atom stereocenters. The summed E-state index contributed by atoms with van der Waals surface area (Å²) in [5.41, 5.74) is 8.35. The number of hydrogen-bond donors (Lipinski definition) is 2. The summed E-state index contributed by atoms with van der Waals surface area (Å²) >= 11 is 3.54. The average molecular weight is 313 g/mol. The van der Waals surface area contributed by atoms with Crippen LogP contribution >= 0.6 is 15.9 Å². The highest BCUT2D eigenvalue weighted by Gasteiger charge is 2.29. The van der Waals surface area contributed by atoms with Crippen molar-refractivity contribution in [1.29, 1.82) is 0 Å². The topological polar surface area (TPSA) is 47.3 Å². The molecule has 0 bridgehead atoms. The van der Waals surface area contributed by atoms with Crippen molar-refractivity contribution >= 4 is 21.6 Å². The molecule has 18 heavy (non-hydrogen) atoms. The first-order chi connectivity index (χ1) is 8.63. The van der Waals surface area contributed by atoms with Gasteiger partial charge in [0.15, 0.2) is 0 Å². The Balaban J connectivity index is 2.17. The minimum Gasteiger partial charge on any atom is -0.381 e. The Morgan fingerprint density at radius 1 is 1.33 bits per heavy atom. The molecule has 1 aliphatic rings. The van der Waals surface area contributed by atoms with Crippen LogP contribution in [0.2, 0.25) is 0 Å². The first-order valence-electron chi connectivity index (χ1n) is 6.47. The highest BCUT2D eigenvalue weighted by molar-refractivity contribution is 9.10. The first kappa shape index (κ1) is 13.8. The molecule has 1 unspecified atom stereocenters. The van der Waals surface area contributed by atoms with Crippen LogP contribution in [0.25, 0.3) is 0 Å². The lowest BCUT2D eigenvalue weighted by atomic mass is 9.90. The maximum Gasteiger partial charge on any atom is 0.0518 e. The van der Waals surface area contributed by atoms with Gasteiger partial charge in [-0.2, -0.15) is 0 Å². The molecule has 0 amide bonds. The predicted molar refractivity (Wildman–Crippen MR) is 79.0 cm³/mol. The maximum atomic E-state index is 6.00. The highest BCUT2D eigenvalue weighted by atomic mass is 79.9. The molecule has 2 rings (SSSR count). The fraction of sp³-hybridized carbons (Fsp3) is 0.571. The van der Waals surface area contributed by atoms with Crippen molar-refractivity contribution < 1.29 is 4.74 Å². The van der Waals surface area contributed by atoms with E-state index in [9.17, 15) is 0 Å². The van der Waals surface area contributed by atoms with Crippen LogP contribution < -0.4 is 11.1 Å². The summed E-state index contributed by atoms with van der Waals surface area (Å²) in [7, 11) is 0. The number of benzene rings is 1. The second-order valence-electron chi connectivity index (χ2n) is 5.09. The van der Waals surface area contributed by atoms with Crippen molar-refractivity contribution in [2.45, 2.75) is 31.7 Å². The zero-order valence-corrected chi connectivity index (χ0v) is 12.4. The van der Waals surface area contributed by atoms with Crippen LogP contribution in [0, 0.1) is 6.92 Å². The maximum absolute atomic E-state index is 6.00. The average Bonchev–Trinajstić information content (AvgIpc) is 2.54. The Kier molecular flexibility index (Phi) is 4.65. The van der Waals surface area contributed by atoms with E-state index in [0.717, 1.165) is 42.6 Å². The third-order valence-corrected chi connectivity index (χ3v) is 3.97. The summed E-state index contributed by atoms with van der Waals surface area (Å²) in [6.45, 7) is 4.38. The van der Waals surface area contributed by atoms with E-state index < -0.39 is 0 Å². The highest BCUT2D eigenvalue weighted by Crippen LogP contribution is 2.28. The summed E-state index contributed by atoms with van der Waals surface area (Å²) in [6.07, 6.45) is 3.10. The van der Waals surface area contributed by atoms with Crippen LogP contribution in [0.3, 0.4) is 0 Å². The molecule has 0 radical (unpaired) electrons. The first-order valence-corrected chi connectivity index (χ1v) is 7.26. The Bertz CT molecular complexity index is 381. The molecule has 1 aliphatic heterocycles. The van der Waals surface area contributed by atoms with E-state index in [4.69, 9.17) is 10.5 Å². The zero-order valence-electron chi connectivity index (χ0n) is 10.8. The Labute approximate surface area is 117 Å². The van der Waals surface area contributed by atoms with Crippen LogP contribution in [0.4, 0.5) is 5.69 Å². The molecular formula is C14H21BrN2O. The van der Waals surface area contributed by atoms with Gasteiger partial charge in [0.2, 0.25) is 0 Å². The second kappa shape index (κ2) is 6.04. The van der Waals surface area contributed by atoms with Crippen LogP contribution in [-0.2, 0) is 4.74 Å². The molecule has 1 aromatic carbocycles. The lowest BCUT2D eigenvalue weighted by molar-refractivity contribution is 0.141. The molecule has 0 aliphatic carbocycles. The third-order valence-electron chi connectivity index (χ3n) is 3.51. The Hall–Kier alpha value is -0.580. The molecule has 1 saturated heterocycles. The minimum absolute atomic E-state index is 0.0241. The molecule has 3 N–H and O–H groups in total. The van der Waals surface area contributed by atoms with Crippen molar-refractivity contribution in [3.05, 3.63) is 28.2 Å². The third kappa shape index (κ3) is 3.46. The number of hydrogen-bond acceptors (Lipinski definition) is 3. The Morgan fingerprint density at radius 3 is 2.89 bits per heavy atom. The van der Waals surface area contributed by atoms with Crippen LogP contribution in [0.1, 0.15) is 24.8 Å². The standard InChI is InChI=1S/C14H21BrN2O/c1-11-7-12(15)9-13(8-11)17-14(10-16)3-2-5-18-6-4-14/h7-9,17H,2-6,10,16H2,1H3. The van der Waals surface area contributed by atoms with Gasteiger partial charge < -0.3 is 15.8 Å². The molecule has 0 saturated carbocycles. The normalized spacial score (nSPS) is 24.6. The van der Waals surface area contributed by atoms with E-state index in [2.05, 4.69) is 46.4 Å². The van der Waals surface area contributed by atoms with Crippen LogP contribution in [0.15, 0.2) is 22.7 Å². The van der Waals surface area contributed by atoms with E-state index in [1.54, 1.807) is 0 Å². The fourth-order valence-electron chi connectivity index (χ4n) is 2.50. The molecular weight excluding hydrogens is 292 g/mol. The number of ether oxygens (including phenoxy) is 1. The van der Waals surface area contributed by atoms with Gasteiger partial charge in [0.25, 0.3) is 0 Å². The van der Waals surface area contributed by atoms with Gasteiger partial charge in [-0.3, -0.25) is 0 Å². The zero-order chi connectivity index (χ0) is 13.0. The SMILES string of the molecule is Cc1cc(Br)cc(NC2(CN)CCCOCC2)c1. The van der Waals surface area contributed by atoms with Crippen LogP contribution in [0.5, 0.6) is 0 Å². The van der Waals surface area contributed by atoms with Gasteiger partial charge in [0.1, 0.15) is 0 Å². The number of nitrogens with two attached hydrogens (primary N) is 1. The van der Waals surface area contributed by atoms with Crippen molar-refractivity contribution in [2.24, 2.45) is 5.73 Å². The Morgan fingerprint density at radius 2 is 2.17 bits per heavy atom. The summed E-state index contributed by atoms with van der Waals surface area (Å²) in [5.74, 6) is 0. The quantitative estimate of drug-likeness (QED) is 0.901. The monoisotopic (exact) mass is 312 g/mol.